The lowest BCUT2D eigenvalue weighted by Crippen LogP contribution is -2.32. The Labute approximate surface area is 209 Å². The number of nitrogens with zero attached hydrogens (tertiary/aromatic N) is 1. The molecule has 1 heterocycles. The van der Waals surface area contributed by atoms with Crippen LogP contribution in [0.3, 0.4) is 0 Å². The lowest BCUT2D eigenvalue weighted by atomic mass is 10.1. The van der Waals surface area contributed by atoms with Crippen LogP contribution in [0.1, 0.15) is 54.0 Å². The van der Waals surface area contributed by atoms with Gasteiger partial charge in [-0.1, -0.05) is 12.1 Å². The van der Waals surface area contributed by atoms with E-state index < -0.39 is 17.7 Å². The van der Waals surface area contributed by atoms with Crippen LogP contribution in [-0.4, -0.2) is 35.2 Å². The van der Waals surface area contributed by atoms with Gasteiger partial charge in [0.05, 0.1) is 12.2 Å². The second kappa shape index (κ2) is 11.8. The van der Waals surface area contributed by atoms with Gasteiger partial charge in [-0.15, -0.1) is 0 Å². The van der Waals surface area contributed by atoms with Gasteiger partial charge in [0.25, 0.3) is 5.91 Å². The molecule has 0 aliphatic carbocycles. The minimum absolute atomic E-state index is 0.237. The van der Waals surface area contributed by atoms with E-state index in [-0.39, 0.29) is 19.1 Å². The van der Waals surface area contributed by atoms with Crippen molar-refractivity contribution in [2.75, 3.05) is 11.9 Å². The van der Waals surface area contributed by atoms with Crippen LogP contribution in [0.5, 0.6) is 11.6 Å². The second-order valence-corrected chi connectivity index (χ2v) is 8.74. The lowest BCUT2D eigenvalue weighted by Gasteiger charge is -2.19. The molecule has 2 amide bonds. The Balaban J connectivity index is 1.64. The normalized spacial score (nSPS) is 10.8. The monoisotopic (exact) mass is 491 g/mol. The van der Waals surface area contributed by atoms with E-state index in [1.165, 1.54) is 0 Å². The van der Waals surface area contributed by atoms with Crippen LogP contribution in [0.15, 0.2) is 66.9 Å². The fourth-order valence-electron chi connectivity index (χ4n) is 3.07. The van der Waals surface area contributed by atoms with Crippen molar-refractivity contribution in [3.63, 3.8) is 0 Å². The highest BCUT2D eigenvalue weighted by Crippen LogP contribution is 2.22. The largest absolute Gasteiger partial charge is 0.462 e. The van der Waals surface area contributed by atoms with E-state index in [0.717, 1.165) is 5.56 Å². The zero-order valence-electron chi connectivity index (χ0n) is 20.7. The van der Waals surface area contributed by atoms with Gasteiger partial charge in [-0.25, -0.2) is 14.6 Å². The number of aromatic nitrogens is 1. The van der Waals surface area contributed by atoms with Crippen molar-refractivity contribution in [1.29, 1.82) is 0 Å². The third-order valence-electron chi connectivity index (χ3n) is 4.59. The fourth-order valence-corrected chi connectivity index (χ4v) is 3.07. The van der Waals surface area contributed by atoms with E-state index in [4.69, 9.17) is 14.2 Å². The Kier molecular flexibility index (Phi) is 8.61. The van der Waals surface area contributed by atoms with E-state index in [1.54, 1.807) is 94.6 Å². The molecule has 2 aromatic carbocycles. The van der Waals surface area contributed by atoms with Gasteiger partial charge in [-0.2, -0.15) is 0 Å². The molecule has 0 saturated carbocycles. The number of esters is 1. The van der Waals surface area contributed by atoms with Crippen LogP contribution in [0.25, 0.3) is 0 Å². The van der Waals surface area contributed by atoms with Crippen molar-refractivity contribution in [1.82, 2.24) is 10.3 Å². The van der Waals surface area contributed by atoms with Crippen molar-refractivity contribution in [3.05, 3.63) is 83.6 Å². The highest BCUT2D eigenvalue weighted by atomic mass is 16.6. The second-order valence-electron chi connectivity index (χ2n) is 8.74. The van der Waals surface area contributed by atoms with E-state index in [1.807, 2.05) is 0 Å². The minimum Gasteiger partial charge on any atom is -0.462 e. The first-order valence-electron chi connectivity index (χ1n) is 11.4. The quantitative estimate of drug-likeness (QED) is 0.409. The number of nitrogens with one attached hydrogen (secondary N) is 2. The van der Waals surface area contributed by atoms with Crippen LogP contribution >= 0.6 is 0 Å². The number of hydrogen-bond donors (Lipinski definition) is 2. The first-order chi connectivity index (χ1) is 17.1. The first kappa shape index (κ1) is 26.2. The van der Waals surface area contributed by atoms with Gasteiger partial charge in [0.15, 0.2) is 0 Å². The van der Waals surface area contributed by atoms with E-state index in [9.17, 15) is 14.4 Å². The number of pyridine rings is 1. The van der Waals surface area contributed by atoms with Crippen LogP contribution in [-0.2, 0) is 16.0 Å². The van der Waals surface area contributed by atoms with Gasteiger partial charge in [-0.3, -0.25) is 4.79 Å². The Morgan fingerprint density at radius 3 is 2.44 bits per heavy atom. The van der Waals surface area contributed by atoms with Crippen LogP contribution < -0.4 is 15.4 Å². The molecule has 0 fully saturated rings. The van der Waals surface area contributed by atoms with Crippen LogP contribution in [0.2, 0.25) is 0 Å². The lowest BCUT2D eigenvalue weighted by molar-refractivity contribution is 0.0514. The van der Waals surface area contributed by atoms with E-state index in [0.29, 0.717) is 28.4 Å². The molecule has 9 heteroatoms. The van der Waals surface area contributed by atoms with E-state index >= 15 is 0 Å². The Bertz CT molecular complexity index is 1240. The van der Waals surface area contributed by atoms with Gasteiger partial charge in [0.2, 0.25) is 5.88 Å². The number of anilines is 1. The van der Waals surface area contributed by atoms with Gasteiger partial charge < -0.3 is 24.8 Å². The predicted octanol–water partition coefficient (Wildman–Crippen LogP) is 5.33. The molecule has 0 unspecified atom stereocenters. The summed E-state index contributed by atoms with van der Waals surface area (Å²) in [7, 11) is 0. The summed E-state index contributed by atoms with van der Waals surface area (Å²) in [6.45, 7) is 7.60. The van der Waals surface area contributed by atoms with Gasteiger partial charge in [0.1, 0.15) is 11.4 Å². The highest BCUT2D eigenvalue weighted by Gasteiger charge is 2.16. The summed E-state index contributed by atoms with van der Waals surface area (Å²) >= 11 is 0. The molecule has 0 atom stereocenters. The van der Waals surface area contributed by atoms with Crippen molar-refractivity contribution < 1.29 is 28.6 Å². The first-order valence-corrected chi connectivity index (χ1v) is 11.4. The topological polar surface area (TPSA) is 116 Å². The number of ether oxygens (including phenoxy) is 3. The molecule has 3 aromatic rings. The zero-order valence-corrected chi connectivity index (χ0v) is 20.7. The van der Waals surface area contributed by atoms with Crippen molar-refractivity contribution >= 4 is 23.7 Å². The standard InChI is InChI=1S/C27H29N3O6/c1-5-34-25(32)20-9-6-10-21(15-20)30-24(31)19-8-7-11-22(16-19)35-23-14-18(12-13-28-23)17-29-26(33)36-27(2,3)4/h6-16H,5,17H2,1-4H3,(H,29,33)(H,30,31). The van der Waals surface area contributed by atoms with Crippen molar-refractivity contribution in [2.24, 2.45) is 0 Å². The molecule has 3 rings (SSSR count). The van der Waals surface area contributed by atoms with Gasteiger partial charge in [0, 0.05) is 30.1 Å². The third kappa shape index (κ3) is 8.12. The maximum atomic E-state index is 12.8. The van der Waals surface area contributed by atoms with Gasteiger partial charge in [-0.05, 0) is 75.7 Å². The molecular weight excluding hydrogens is 462 g/mol. The minimum atomic E-state index is -0.586. The molecule has 0 bridgehead atoms. The number of hydrogen-bond acceptors (Lipinski definition) is 7. The zero-order chi connectivity index (χ0) is 26.1. The average molecular weight is 492 g/mol. The molecule has 0 radical (unpaired) electrons. The summed E-state index contributed by atoms with van der Waals surface area (Å²) < 4.78 is 16.1. The molecule has 0 spiro atoms. The maximum Gasteiger partial charge on any atom is 0.407 e. The molecule has 0 aliphatic rings. The van der Waals surface area contributed by atoms with E-state index in [2.05, 4.69) is 15.6 Å². The molecule has 0 saturated heterocycles. The summed E-state index contributed by atoms with van der Waals surface area (Å²) in [6.07, 6.45) is 1.04. The number of benzene rings is 2. The molecular formula is C27H29N3O6. The Morgan fingerprint density at radius 2 is 1.69 bits per heavy atom. The number of rotatable bonds is 8. The molecule has 36 heavy (non-hydrogen) atoms. The summed E-state index contributed by atoms with van der Waals surface area (Å²) in [4.78, 5) is 40.8. The van der Waals surface area contributed by atoms with Crippen molar-refractivity contribution in [2.45, 2.75) is 39.8 Å². The summed E-state index contributed by atoms with van der Waals surface area (Å²) in [6, 6.07) is 16.6. The van der Waals surface area contributed by atoms with Crippen LogP contribution in [0.4, 0.5) is 10.5 Å². The molecule has 188 valence electrons. The predicted molar refractivity (Wildman–Crippen MR) is 134 cm³/mol. The Hall–Kier alpha value is -4.40. The highest BCUT2D eigenvalue weighted by molar-refractivity contribution is 6.05. The smallest absolute Gasteiger partial charge is 0.407 e. The summed E-state index contributed by atoms with van der Waals surface area (Å²) in [5.41, 5.74) is 1.35. The fraction of sp³-hybridized carbons (Fsp3) is 0.259. The third-order valence-corrected chi connectivity index (χ3v) is 4.59. The number of carbonyl (C=O) groups excluding carboxylic acids is 3. The maximum absolute atomic E-state index is 12.8. The molecule has 1 aromatic heterocycles. The molecule has 0 aliphatic heterocycles. The van der Waals surface area contributed by atoms with Gasteiger partial charge >= 0.3 is 12.1 Å². The average Bonchev–Trinajstić information content (AvgIpc) is 2.82. The number of alkyl carbamates (subject to hydrolysis) is 1. The molecule has 2 N–H and O–H groups in total. The SMILES string of the molecule is CCOC(=O)c1cccc(NC(=O)c2cccc(Oc3cc(CNC(=O)OC(C)(C)C)ccn3)c2)c1. The van der Waals surface area contributed by atoms with Crippen molar-refractivity contribution in [3.8, 4) is 11.6 Å². The molecule has 9 nitrogen and oxygen atoms in total. The Morgan fingerprint density at radius 1 is 0.944 bits per heavy atom. The number of amides is 2. The summed E-state index contributed by atoms with van der Waals surface area (Å²) in [5.74, 6) is -0.115. The summed E-state index contributed by atoms with van der Waals surface area (Å²) in [5, 5.41) is 5.45. The van der Waals surface area contributed by atoms with Crippen LogP contribution in [0, 0.1) is 0 Å². The number of carbonyl (C=O) groups is 3.